The summed E-state index contributed by atoms with van der Waals surface area (Å²) in [5, 5.41) is 5.52. The van der Waals surface area contributed by atoms with Crippen LogP contribution in [0.5, 0.6) is 0 Å². The zero-order chi connectivity index (χ0) is 20.9. The van der Waals surface area contributed by atoms with Gasteiger partial charge in [0.2, 0.25) is 5.91 Å². The molecule has 0 saturated carbocycles. The van der Waals surface area contributed by atoms with Crippen molar-refractivity contribution < 1.29 is 18.0 Å². The van der Waals surface area contributed by atoms with E-state index in [-0.39, 0.29) is 28.4 Å². The highest BCUT2D eigenvalue weighted by Crippen LogP contribution is 2.16. The number of hydrogen-bond acceptors (Lipinski definition) is 4. The summed E-state index contributed by atoms with van der Waals surface area (Å²) in [5.41, 5.74) is 1.92. The van der Waals surface area contributed by atoms with Gasteiger partial charge in [-0.25, -0.2) is 8.42 Å². The van der Waals surface area contributed by atoms with Crippen molar-refractivity contribution in [3.05, 3.63) is 59.7 Å². The Morgan fingerprint density at radius 2 is 1.68 bits per heavy atom. The number of sulfone groups is 1. The van der Waals surface area contributed by atoms with Crippen LogP contribution in [0.15, 0.2) is 53.4 Å². The Hall–Kier alpha value is -2.67. The minimum atomic E-state index is -3.29. The molecular formula is C21H26N2O4S. The van der Waals surface area contributed by atoms with Crippen molar-refractivity contribution in [2.75, 3.05) is 11.1 Å². The molecule has 28 heavy (non-hydrogen) atoms. The van der Waals surface area contributed by atoms with Gasteiger partial charge in [0.25, 0.3) is 5.91 Å². The predicted octanol–water partition coefficient (Wildman–Crippen LogP) is 3.18. The van der Waals surface area contributed by atoms with E-state index in [4.69, 9.17) is 0 Å². The van der Waals surface area contributed by atoms with Crippen LogP contribution in [0.25, 0.3) is 0 Å². The number of anilines is 1. The summed E-state index contributed by atoms with van der Waals surface area (Å²) in [6.07, 6.45) is 0. The fourth-order valence-corrected chi connectivity index (χ4v) is 3.56. The van der Waals surface area contributed by atoms with Crippen LogP contribution >= 0.6 is 0 Å². The molecule has 2 N–H and O–H groups in total. The first kappa shape index (κ1) is 21.6. The molecule has 2 aromatic rings. The molecule has 150 valence electrons. The lowest BCUT2D eigenvalue weighted by Crippen LogP contribution is -2.47. The third kappa shape index (κ3) is 5.42. The van der Waals surface area contributed by atoms with Gasteiger partial charge in [0.05, 0.1) is 10.6 Å². The molecule has 7 heteroatoms. The molecule has 0 aliphatic heterocycles. The lowest BCUT2D eigenvalue weighted by atomic mass is 10.0. The minimum Gasteiger partial charge on any atom is -0.340 e. The van der Waals surface area contributed by atoms with Gasteiger partial charge in [-0.2, -0.15) is 0 Å². The Kier molecular flexibility index (Phi) is 6.96. The Morgan fingerprint density at radius 1 is 1.04 bits per heavy atom. The van der Waals surface area contributed by atoms with E-state index in [2.05, 4.69) is 10.6 Å². The quantitative estimate of drug-likeness (QED) is 0.744. The zero-order valence-corrected chi connectivity index (χ0v) is 17.3. The Morgan fingerprint density at radius 3 is 2.21 bits per heavy atom. The third-order valence-electron chi connectivity index (χ3n) is 4.38. The first-order chi connectivity index (χ1) is 13.1. The second kappa shape index (κ2) is 9.01. The molecule has 0 aromatic heterocycles. The highest BCUT2D eigenvalue weighted by molar-refractivity contribution is 7.91. The highest BCUT2D eigenvalue weighted by Gasteiger charge is 2.25. The SMILES string of the molecule is CCS(=O)(=O)c1ccc(NC(=O)[C@H](NC(=O)c2cccc(C)c2)C(C)C)cc1. The van der Waals surface area contributed by atoms with Crippen LogP contribution in [0.4, 0.5) is 5.69 Å². The van der Waals surface area contributed by atoms with Gasteiger partial charge in [0, 0.05) is 11.3 Å². The van der Waals surface area contributed by atoms with Crippen molar-refractivity contribution in [2.45, 2.75) is 38.6 Å². The summed E-state index contributed by atoms with van der Waals surface area (Å²) in [6, 6.07) is 12.4. The van der Waals surface area contributed by atoms with E-state index in [1.54, 1.807) is 37.3 Å². The minimum absolute atomic E-state index is 0.0130. The van der Waals surface area contributed by atoms with Gasteiger partial charge in [-0.05, 0) is 49.2 Å². The molecule has 0 spiro atoms. The first-order valence-electron chi connectivity index (χ1n) is 9.15. The molecular weight excluding hydrogens is 376 g/mol. The maximum Gasteiger partial charge on any atom is 0.251 e. The molecule has 0 aliphatic carbocycles. The molecule has 2 amide bonds. The van der Waals surface area contributed by atoms with Crippen LogP contribution in [0.2, 0.25) is 0 Å². The molecule has 0 saturated heterocycles. The maximum atomic E-state index is 12.7. The molecule has 0 fully saturated rings. The number of carbonyl (C=O) groups excluding carboxylic acids is 2. The first-order valence-corrected chi connectivity index (χ1v) is 10.8. The van der Waals surface area contributed by atoms with Gasteiger partial charge in [-0.1, -0.05) is 38.5 Å². The zero-order valence-electron chi connectivity index (χ0n) is 16.5. The molecule has 2 aromatic carbocycles. The van der Waals surface area contributed by atoms with Crippen molar-refractivity contribution in [1.29, 1.82) is 0 Å². The van der Waals surface area contributed by atoms with Crippen LogP contribution < -0.4 is 10.6 Å². The summed E-state index contributed by atoms with van der Waals surface area (Å²) >= 11 is 0. The van der Waals surface area contributed by atoms with Crippen molar-refractivity contribution >= 4 is 27.3 Å². The lowest BCUT2D eigenvalue weighted by molar-refractivity contribution is -0.118. The highest BCUT2D eigenvalue weighted by atomic mass is 32.2. The fraction of sp³-hybridized carbons (Fsp3) is 0.333. The maximum absolute atomic E-state index is 12.7. The van der Waals surface area contributed by atoms with Crippen LogP contribution in [0.3, 0.4) is 0 Å². The largest absolute Gasteiger partial charge is 0.340 e. The van der Waals surface area contributed by atoms with Crippen LogP contribution in [0, 0.1) is 12.8 Å². The summed E-state index contributed by atoms with van der Waals surface area (Å²) in [5.74, 6) is -0.795. The molecule has 0 bridgehead atoms. The standard InChI is InChI=1S/C21H26N2O4S/c1-5-28(26,27)18-11-9-17(10-12-18)22-21(25)19(14(2)3)23-20(24)16-8-6-7-15(4)13-16/h6-14,19H,5H2,1-4H3,(H,22,25)(H,23,24)/t19-/m1/s1. The van der Waals surface area contributed by atoms with E-state index in [1.165, 1.54) is 12.1 Å². The smallest absolute Gasteiger partial charge is 0.251 e. The topological polar surface area (TPSA) is 92.3 Å². The Balaban J connectivity index is 2.12. The number of benzene rings is 2. The van der Waals surface area contributed by atoms with E-state index in [1.807, 2.05) is 26.8 Å². The Bertz CT molecular complexity index is 951. The number of rotatable bonds is 7. The van der Waals surface area contributed by atoms with Crippen molar-refractivity contribution in [3.8, 4) is 0 Å². The molecule has 6 nitrogen and oxygen atoms in total. The molecule has 0 heterocycles. The fourth-order valence-electron chi connectivity index (χ4n) is 2.68. The number of nitrogens with one attached hydrogen (secondary N) is 2. The summed E-state index contributed by atoms with van der Waals surface area (Å²) < 4.78 is 23.8. The molecule has 0 aliphatic rings. The average Bonchev–Trinajstić information content (AvgIpc) is 2.66. The van der Waals surface area contributed by atoms with E-state index >= 15 is 0 Å². The van der Waals surface area contributed by atoms with Crippen LogP contribution in [0.1, 0.15) is 36.7 Å². The second-order valence-electron chi connectivity index (χ2n) is 6.98. The Labute approximate surface area is 166 Å². The normalized spacial score (nSPS) is 12.5. The van der Waals surface area contributed by atoms with Crippen molar-refractivity contribution in [2.24, 2.45) is 5.92 Å². The van der Waals surface area contributed by atoms with Gasteiger partial charge in [-0.3, -0.25) is 9.59 Å². The van der Waals surface area contributed by atoms with Crippen molar-refractivity contribution in [3.63, 3.8) is 0 Å². The van der Waals surface area contributed by atoms with E-state index in [0.717, 1.165) is 5.56 Å². The van der Waals surface area contributed by atoms with Crippen molar-refractivity contribution in [1.82, 2.24) is 5.32 Å². The summed E-state index contributed by atoms with van der Waals surface area (Å²) in [6.45, 7) is 7.16. The van der Waals surface area contributed by atoms with E-state index < -0.39 is 15.9 Å². The van der Waals surface area contributed by atoms with Gasteiger partial charge in [-0.15, -0.1) is 0 Å². The van der Waals surface area contributed by atoms with Gasteiger partial charge in [0.15, 0.2) is 9.84 Å². The van der Waals surface area contributed by atoms with Crippen LogP contribution in [-0.4, -0.2) is 32.0 Å². The number of aryl methyl sites for hydroxylation is 1. The number of carbonyl (C=O) groups is 2. The van der Waals surface area contributed by atoms with Gasteiger partial charge in [0.1, 0.15) is 6.04 Å². The number of hydrogen-bond donors (Lipinski definition) is 2. The molecule has 2 rings (SSSR count). The average molecular weight is 403 g/mol. The molecule has 0 radical (unpaired) electrons. The predicted molar refractivity (Wildman–Crippen MR) is 110 cm³/mol. The number of amides is 2. The summed E-state index contributed by atoms with van der Waals surface area (Å²) in [7, 11) is -3.29. The second-order valence-corrected chi connectivity index (χ2v) is 9.26. The van der Waals surface area contributed by atoms with E-state index in [0.29, 0.717) is 11.3 Å². The van der Waals surface area contributed by atoms with Gasteiger partial charge >= 0.3 is 0 Å². The molecule has 1 atom stereocenters. The van der Waals surface area contributed by atoms with Gasteiger partial charge < -0.3 is 10.6 Å². The van der Waals surface area contributed by atoms with E-state index in [9.17, 15) is 18.0 Å². The van der Waals surface area contributed by atoms with Crippen LogP contribution in [-0.2, 0) is 14.6 Å². The molecule has 0 unspecified atom stereocenters. The summed E-state index contributed by atoms with van der Waals surface area (Å²) in [4.78, 5) is 25.4. The third-order valence-corrected chi connectivity index (χ3v) is 6.13. The monoisotopic (exact) mass is 402 g/mol. The lowest BCUT2D eigenvalue weighted by Gasteiger charge is -2.22.